The van der Waals surface area contributed by atoms with Gasteiger partial charge in [-0.3, -0.25) is 0 Å². The Morgan fingerprint density at radius 3 is 3.07 bits per heavy atom. The lowest BCUT2D eigenvalue weighted by Gasteiger charge is -2.13. The number of aryl methyl sites for hydroxylation is 1. The molecule has 0 amide bonds. The highest BCUT2D eigenvalue weighted by molar-refractivity contribution is 7.09. The van der Waals surface area contributed by atoms with E-state index in [1.54, 1.807) is 11.3 Å². The second-order valence-electron chi connectivity index (χ2n) is 4.41. The Balaban J connectivity index is 1.70. The van der Waals surface area contributed by atoms with E-state index in [1.165, 1.54) is 11.6 Å². The maximum Gasteiger partial charge on any atom is 0.107 e. The molecule has 1 saturated heterocycles. The molecule has 2 heterocycles. The molecule has 4 heteroatoms. The first-order chi connectivity index (χ1) is 7.25. The zero-order valence-corrected chi connectivity index (χ0v) is 10.2. The SMILES string of the molecule is Cc1csc(CNCC2CNCC2C)n1. The van der Waals surface area contributed by atoms with Gasteiger partial charge in [-0.15, -0.1) is 11.3 Å². The van der Waals surface area contributed by atoms with Crippen LogP contribution >= 0.6 is 11.3 Å². The number of nitrogens with one attached hydrogen (secondary N) is 2. The summed E-state index contributed by atoms with van der Waals surface area (Å²) in [5.41, 5.74) is 1.13. The van der Waals surface area contributed by atoms with Crippen LogP contribution in [0.15, 0.2) is 5.38 Å². The fraction of sp³-hybridized carbons (Fsp3) is 0.727. The van der Waals surface area contributed by atoms with E-state index < -0.39 is 0 Å². The molecule has 2 rings (SSSR count). The Kier molecular flexibility index (Phi) is 3.72. The van der Waals surface area contributed by atoms with Crippen LogP contribution in [-0.2, 0) is 6.54 Å². The standard InChI is InChI=1S/C11H19N3S/c1-8-3-12-4-10(8)5-13-6-11-14-9(2)7-15-11/h7-8,10,12-13H,3-6H2,1-2H3. The van der Waals surface area contributed by atoms with Crippen molar-refractivity contribution in [2.45, 2.75) is 20.4 Å². The normalized spacial score (nSPS) is 26.0. The molecule has 1 fully saturated rings. The van der Waals surface area contributed by atoms with Crippen LogP contribution in [0.3, 0.4) is 0 Å². The van der Waals surface area contributed by atoms with Crippen molar-refractivity contribution in [1.29, 1.82) is 0 Å². The van der Waals surface area contributed by atoms with E-state index >= 15 is 0 Å². The summed E-state index contributed by atoms with van der Waals surface area (Å²) < 4.78 is 0. The number of hydrogen-bond acceptors (Lipinski definition) is 4. The number of rotatable bonds is 4. The quantitative estimate of drug-likeness (QED) is 0.813. The maximum absolute atomic E-state index is 4.43. The summed E-state index contributed by atoms with van der Waals surface area (Å²) in [6, 6.07) is 0. The van der Waals surface area contributed by atoms with Gasteiger partial charge in [-0.2, -0.15) is 0 Å². The van der Waals surface area contributed by atoms with Gasteiger partial charge < -0.3 is 10.6 Å². The third-order valence-corrected chi connectivity index (χ3v) is 3.99. The highest BCUT2D eigenvalue weighted by Gasteiger charge is 2.22. The van der Waals surface area contributed by atoms with Gasteiger partial charge in [0.2, 0.25) is 0 Å². The van der Waals surface area contributed by atoms with Gasteiger partial charge in [0.05, 0.1) is 0 Å². The summed E-state index contributed by atoms with van der Waals surface area (Å²) in [6.45, 7) is 8.71. The van der Waals surface area contributed by atoms with Gasteiger partial charge in [0.1, 0.15) is 5.01 Å². The van der Waals surface area contributed by atoms with Gasteiger partial charge >= 0.3 is 0 Å². The molecule has 84 valence electrons. The number of aromatic nitrogens is 1. The van der Waals surface area contributed by atoms with E-state index in [2.05, 4.69) is 27.9 Å². The van der Waals surface area contributed by atoms with Gasteiger partial charge in [-0.25, -0.2) is 4.98 Å². The highest BCUT2D eigenvalue weighted by Crippen LogP contribution is 2.15. The van der Waals surface area contributed by atoms with Crippen molar-refractivity contribution < 1.29 is 0 Å². The topological polar surface area (TPSA) is 37.0 Å². The monoisotopic (exact) mass is 225 g/mol. The fourth-order valence-electron chi connectivity index (χ4n) is 1.99. The zero-order chi connectivity index (χ0) is 10.7. The second kappa shape index (κ2) is 5.05. The Labute approximate surface area is 95.3 Å². The average molecular weight is 225 g/mol. The zero-order valence-electron chi connectivity index (χ0n) is 9.42. The van der Waals surface area contributed by atoms with Crippen LogP contribution in [0.25, 0.3) is 0 Å². The van der Waals surface area contributed by atoms with E-state index in [-0.39, 0.29) is 0 Å². The molecule has 3 nitrogen and oxygen atoms in total. The van der Waals surface area contributed by atoms with Gasteiger partial charge in [-0.1, -0.05) is 6.92 Å². The van der Waals surface area contributed by atoms with Crippen molar-refractivity contribution in [2.75, 3.05) is 19.6 Å². The van der Waals surface area contributed by atoms with Crippen LogP contribution in [0.2, 0.25) is 0 Å². The number of nitrogens with zero attached hydrogens (tertiary/aromatic N) is 1. The molecular formula is C11H19N3S. The molecule has 1 aromatic heterocycles. The van der Waals surface area contributed by atoms with E-state index in [4.69, 9.17) is 0 Å². The second-order valence-corrected chi connectivity index (χ2v) is 5.35. The lowest BCUT2D eigenvalue weighted by atomic mass is 9.98. The van der Waals surface area contributed by atoms with E-state index in [0.29, 0.717) is 0 Å². The molecule has 0 aromatic carbocycles. The molecule has 2 atom stereocenters. The fourth-order valence-corrected chi connectivity index (χ4v) is 2.73. The van der Waals surface area contributed by atoms with Crippen LogP contribution in [0.1, 0.15) is 17.6 Å². The molecule has 1 aliphatic heterocycles. The molecule has 1 aromatic rings. The predicted molar refractivity (Wildman–Crippen MR) is 64.1 cm³/mol. The van der Waals surface area contributed by atoms with Crippen LogP contribution < -0.4 is 10.6 Å². The van der Waals surface area contributed by atoms with Crippen molar-refractivity contribution in [3.8, 4) is 0 Å². The van der Waals surface area contributed by atoms with Gasteiger partial charge in [-0.05, 0) is 38.4 Å². The third kappa shape index (κ3) is 3.00. The van der Waals surface area contributed by atoms with Crippen LogP contribution in [0.4, 0.5) is 0 Å². The molecule has 2 unspecified atom stereocenters. The first-order valence-electron chi connectivity index (χ1n) is 5.58. The molecule has 15 heavy (non-hydrogen) atoms. The minimum Gasteiger partial charge on any atom is -0.316 e. The molecule has 2 N–H and O–H groups in total. The first kappa shape index (κ1) is 11.0. The summed E-state index contributed by atoms with van der Waals surface area (Å²) in [5, 5.41) is 10.2. The van der Waals surface area contributed by atoms with Gasteiger partial charge in [0.15, 0.2) is 0 Å². The van der Waals surface area contributed by atoms with Gasteiger partial charge in [0, 0.05) is 17.6 Å². The third-order valence-electron chi connectivity index (χ3n) is 3.03. The Morgan fingerprint density at radius 2 is 2.47 bits per heavy atom. The molecular weight excluding hydrogens is 206 g/mol. The molecule has 0 bridgehead atoms. The lowest BCUT2D eigenvalue weighted by molar-refractivity contribution is 0.420. The maximum atomic E-state index is 4.43. The Bertz CT molecular complexity index is 311. The van der Waals surface area contributed by atoms with Crippen LogP contribution in [-0.4, -0.2) is 24.6 Å². The van der Waals surface area contributed by atoms with Crippen LogP contribution in [0, 0.1) is 18.8 Å². The molecule has 0 aliphatic carbocycles. The molecule has 1 aliphatic rings. The minimum atomic E-state index is 0.783. The van der Waals surface area contributed by atoms with Crippen molar-refractivity contribution in [3.63, 3.8) is 0 Å². The lowest BCUT2D eigenvalue weighted by Crippen LogP contribution is -2.26. The van der Waals surface area contributed by atoms with E-state index in [0.717, 1.165) is 37.2 Å². The van der Waals surface area contributed by atoms with Gasteiger partial charge in [0.25, 0.3) is 0 Å². The summed E-state index contributed by atoms with van der Waals surface area (Å²) in [4.78, 5) is 4.43. The van der Waals surface area contributed by atoms with Crippen molar-refractivity contribution in [1.82, 2.24) is 15.6 Å². The summed E-state index contributed by atoms with van der Waals surface area (Å²) >= 11 is 1.74. The van der Waals surface area contributed by atoms with Crippen molar-refractivity contribution >= 4 is 11.3 Å². The summed E-state index contributed by atoms with van der Waals surface area (Å²) in [6.07, 6.45) is 0. The largest absolute Gasteiger partial charge is 0.316 e. The summed E-state index contributed by atoms with van der Waals surface area (Å²) in [7, 11) is 0. The Hall–Kier alpha value is -0.450. The summed E-state index contributed by atoms with van der Waals surface area (Å²) in [5.74, 6) is 1.58. The van der Waals surface area contributed by atoms with Crippen LogP contribution in [0.5, 0.6) is 0 Å². The van der Waals surface area contributed by atoms with E-state index in [9.17, 15) is 0 Å². The van der Waals surface area contributed by atoms with E-state index in [1.807, 2.05) is 6.92 Å². The number of hydrogen-bond donors (Lipinski definition) is 2. The Morgan fingerprint density at radius 1 is 1.60 bits per heavy atom. The first-order valence-corrected chi connectivity index (χ1v) is 6.46. The smallest absolute Gasteiger partial charge is 0.107 e. The predicted octanol–water partition coefficient (Wildman–Crippen LogP) is 1.40. The van der Waals surface area contributed by atoms with Crippen molar-refractivity contribution in [2.24, 2.45) is 11.8 Å². The highest BCUT2D eigenvalue weighted by atomic mass is 32.1. The number of thiazole rings is 1. The molecule has 0 spiro atoms. The average Bonchev–Trinajstić information content (AvgIpc) is 2.77. The minimum absolute atomic E-state index is 0.783. The van der Waals surface area contributed by atoms with Crippen molar-refractivity contribution in [3.05, 3.63) is 16.1 Å². The molecule has 0 saturated carbocycles. The molecule has 0 radical (unpaired) electrons.